The SMILES string of the molecule is O=C1CNCc2[nH]c(-c3ccncc3OCC(F)(F)F)c(Nc3ccccc3)c21. The number of ether oxygens (including phenoxy) is 1. The Kier molecular flexibility index (Phi) is 4.98. The Balaban J connectivity index is 1.81. The molecule has 0 saturated carbocycles. The number of halogens is 3. The second kappa shape index (κ2) is 7.59. The van der Waals surface area contributed by atoms with Gasteiger partial charge in [0.1, 0.15) is 5.75 Å². The number of pyridine rings is 1. The number of carbonyl (C=O) groups is 1. The number of nitrogens with one attached hydrogen (secondary N) is 3. The maximum Gasteiger partial charge on any atom is 0.422 e. The van der Waals surface area contributed by atoms with Gasteiger partial charge in [-0.05, 0) is 18.2 Å². The molecule has 29 heavy (non-hydrogen) atoms. The van der Waals surface area contributed by atoms with E-state index in [0.717, 1.165) is 5.69 Å². The van der Waals surface area contributed by atoms with E-state index in [1.165, 1.54) is 12.4 Å². The smallest absolute Gasteiger partial charge is 0.422 e. The topological polar surface area (TPSA) is 79.0 Å². The Labute approximate surface area is 164 Å². The van der Waals surface area contributed by atoms with Gasteiger partial charge in [-0.3, -0.25) is 9.78 Å². The van der Waals surface area contributed by atoms with Crippen molar-refractivity contribution in [2.45, 2.75) is 12.7 Å². The molecule has 150 valence electrons. The van der Waals surface area contributed by atoms with Crippen LogP contribution in [-0.2, 0) is 6.54 Å². The molecule has 1 aliphatic rings. The molecule has 1 aliphatic heterocycles. The van der Waals surface area contributed by atoms with E-state index in [1.54, 1.807) is 6.07 Å². The summed E-state index contributed by atoms with van der Waals surface area (Å²) in [6, 6.07) is 10.8. The summed E-state index contributed by atoms with van der Waals surface area (Å²) in [6.45, 7) is -0.816. The third-order valence-corrected chi connectivity index (χ3v) is 4.43. The molecule has 0 amide bonds. The van der Waals surface area contributed by atoms with Crippen molar-refractivity contribution >= 4 is 17.2 Å². The summed E-state index contributed by atoms with van der Waals surface area (Å²) in [5.74, 6) is -0.140. The van der Waals surface area contributed by atoms with Crippen LogP contribution >= 0.6 is 0 Å². The van der Waals surface area contributed by atoms with Crippen LogP contribution in [0.25, 0.3) is 11.3 Å². The van der Waals surface area contributed by atoms with E-state index in [4.69, 9.17) is 4.74 Å². The maximum atomic E-state index is 12.7. The Morgan fingerprint density at radius 1 is 1.14 bits per heavy atom. The molecule has 1 aromatic carbocycles. The molecular formula is C20H17F3N4O2. The van der Waals surface area contributed by atoms with Gasteiger partial charge in [0.2, 0.25) is 0 Å². The first-order valence-electron chi connectivity index (χ1n) is 8.87. The number of hydrogen-bond acceptors (Lipinski definition) is 5. The summed E-state index contributed by atoms with van der Waals surface area (Å²) >= 11 is 0. The van der Waals surface area contributed by atoms with Crippen molar-refractivity contribution in [2.75, 3.05) is 18.5 Å². The number of aromatic amines is 1. The Bertz CT molecular complexity index is 1030. The van der Waals surface area contributed by atoms with Crippen LogP contribution in [0.2, 0.25) is 0 Å². The van der Waals surface area contributed by atoms with E-state index in [-0.39, 0.29) is 18.1 Å². The summed E-state index contributed by atoms with van der Waals surface area (Å²) < 4.78 is 43.0. The highest BCUT2D eigenvalue weighted by molar-refractivity contribution is 6.08. The first kappa shape index (κ1) is 19.0. The largest absolute Gasteiger partial charge is 0.482 e. The van der Waals surface area contributed by atoms with Gasteiger partial charge in [-0.15, -0.1) is 0 Å². The van der Waals surface area contributed by atoms with Crippen molar-refractivity contribution in [3.63, 3.8) is 0 Å². The van der Waals surface area contributed by atoms with E-state index in [1.807, 2.05) is 30.3 Å². The highest BCUT2D eigenvalue weighted by Crippen LogP contribution is 2.40. The Morgan fingerprint density at radius 2 is 1.93 bits per heavy atom. The van der Waals surface area contributed by atoms with Gasteiger partial charge < -0.3 is 20.4 Å². The number of ketones is 1. The summed E-state index contributed by atoms with van der Waals surface area (Å²) in [6.07, 6.45) is -1.79. The lowest BCUT2D eigenvalue weighted by Gasteiger charge is -2.15. The predicted molar refractivity (Wildman–Crippen MR) is 101 cm³/mol. The normalized spacial score (nSPS) is 13.8. The molecule has 3 heterocycles. The fourth-order valence-electron chi connectivity index (χ4n) is 3.24. The molecule has 4 rings (SSSR count). The van der Waals surface area contributed by atoms with E-state index in [2.05, 4.69) is 20.6 Å². The van der Waals surface area contributed by atoms with Gasteiger partial charge in [0.05, 0.1) is 29.7 Å². The summed E-state index contributed by atoms with van der Waals surface area (Å²) in [5.41, 5.74) is 3.24. The minimum atomic E-state index is -4.48. The average molecular weight is 402 g/mol. The number of rotatable bonds is 5. The molecule has 0 aliphatic carbocycles. The molecule has 3 N–H and O–H groups in total. The summed E-state index contributed by atoms with van der Waals surface area (Å²) in [7, 11) is 0. The first-order chi connectivity index (χ1) is 13.9. The van der Waals surface area contributed by atoms with Crippen molar-refractivity contribution < 1.29 is 22.7 Å². The summed E-state index contributed by atoms with van der Waals surface area (Å²) in [4.78, 5) is 19.6. The lowest BCUT2D eigenvalue weighted by Crippen LogP contribution is -2.29. The molecule has 9 heteroatoms. The van der Waals surface area contributed by atoms with Gasteiger partial charge in [-0.2, -0.15) is 13.2 Å². The molecule has 0 fully saturated rings. The highest BCUT2D eigenvalue weighted by Gasteiger charge is 2.31. The molecule has 0 spiro atoms. The lowest BCUT2D eigenvalue weighted by molar-refractivity contribution is -0.153. The highest BCUT2D eigenvalue weighted by atomic mass is 19.4. The van der Waals surface area contributed by atoms with E-state index in [9.17, 15) is 18.0 Å². The van der Waals surface area contributed by atoms with Crippen molar-refractivity contribution in [3.8, 4) is 17.0 Å². The number of alkyl halides is 3. The molecule has 0 saturated heterocycles. The van der Waals surface area contributed by atoms with Crippen LogP contribution < -0.4 is 15.4 Å². The predicted octanol–water partition coefficient (Wildman–Crippen LogP) is 4.05. The van der Waals surface area contributed by atoms with Crippen LogP contribution in [0.4, 0.5) is 24.5 Å². The molecule has 2 aromatic heterocycles. The number of nitrogens with zero attached hydrogens (tertiary/aromatic N) is 1. The zero-order valence-corrected chi connectivity index (χ0v) is 15.1. The van der Waals surface area contributed by atoms with Crippen LogP contribution in [0.1, 0.15) is 16.1 Å². The van der Waals surface area contributed by atoms with Gasteiger partial charge in [-0.25, -0.2) is 0 Å². The third kappa shape index (κ3) is 4.09. The first-order valence-corrected chi connectivity index (χ1v) is 8.87. The van der Waals surface area contributed by atoms with Crippen molar-refractivity contribution in [3.05, 3.63) is 60.0 Å². The number of hydrogen-bond donors (Lipinski definition) is 3. The van der Waals surface area contributed by atoms with Crippen LogP contribution in [0.15, 0.2) is 48.8 Å². The van der Waals surface area contributed by atoms with Crippen molar-refractivity contribution in [2.24, 2.45) is 0 Å². The van der Waals surface area contributed by atoms with Gasteiger partial charge in [0.25, 0.3) is 0 Å². The fourth-order valence-corrected chi connectivity index (χ4v) is 3.24. The van der Waals surface area contributed by atoms with Crippen LogP contribution in [0.5, 0.6) is 5.75 Å². The minimum absolute atomic E-state index is 0.0278. The quantitative estimate of drug-likeness (QED) is 0.600. The monoisotopic (exact) mass is 402 g/mol. The zero-order valence-electron chi connectivity index (χ0n) is 15.1. The molecule has 0 bridgehead atoms. The number of anilines is 2. The molecule has 0 atom stereocenters. The maximum absolute atomic E-state index is 12.7. The van der Waals surface area contributed by atoms with E-state index < -0.39 is 12.8 Å². The molecule has 0 radical (unpaired) electrons. The number of H-pyrrole nitrogens is 1. The van der Waals surface area contributed by atoms with E-state index >= 15 is 0 Å². The van der Waals surface area contributed by atoms with Crippen LogP contribution in [0.3, 0.4) is 0 Å². The third-order valence-electron chi connectivity index (χ3n) is 4.43. The number of Topliss-reactive ketones (excluding diaryl/α,β-unsaturated/α-hetero) is 1. The Hall–Kier alpha value is -3.33. The molecule has 0 unspecified atom stereocenters. The fraction of sp³-hybridized carbons (Fsp3) is 0.200. The number of para-hydroxylation sites is 1. The Morgan fingerprint density at radius 3 is 2.69 bits per heavy atom. The van der Waals surface area contributed by atoms with Crippen molar-refractivity contribution in [1.29, 1.82) is 0 Å². The number of fused-ring (bicyclic) bond motifs is 1. The number of carbonyl (C=O) groups excluding carboxylic acids is 1. The van der Waals surface area contributed by atoms with Gasteiger partial charge in [0.15, 0.2) is 12.4 Å². The molecular weight excluding hydrogens is 385 g/mol. The van der Waals surface area contributed by atoms with Crippen LogP contribution in [0, 0.1) is 0 Å². The standard InChI is InChI=1S/C20H17F3N4O2/c21-20(22,23)11-29-16-10-24-7-6-13(16)18-19(26-12-4-2-1-3-5-12)17-14(27-18)8-25-9-15(17)28/h1-7,10,25-27H,8-9,11H2. The summed E-state index contributed by atoms with van der Waals surface area (Å²) in [5, 5.41) is 6.24. The molecule has 6 nitrogen and oxygen atoms in total. The second-order valence-electron chi connectivity index (χ2n) is 6.52. The minimum Gasteiger partial charge on any atom is -0.482 e. The van der Waals surface area contributed by atoms with Gasteiger partial charge in [0, 0.05) is 29.7 Å². The average Bonchev–Trinajstić information content (AvgIpc) is 3.06. The van der Waals surface area contributed by atoms with Crippen molar-refractivity contribution in [1.82, 2.24) is 15.3 Å². The lowest BCUT2D eigenvalue weighted by atomic mass is 10.0. The van der Waals surface area contributed by atoms with E-state index in [0.29, 0.717) is 34.7 Å². The zero-order chi connectivity index (χ0) is 20.4. The second-order valence-corrected chi connectivity index (χ2v) is 6.52. The molecule has 3 aromatic rings. The van der Waals surface area contributed by atoms with Gasteiger partial charge in [-0.1, -0.05) is 18.2 Å². The van der Waals surface area contributed by atoms with Gasteiger partial charge >= 0.3 is 6.18 Å². The number of aromatic nitrogens is 2. The van der Waals surface area contributed by atoms with Crippen LogP contribution in [-0.4, -0.2) is 35.1 Å². The number of benzene rings is 1.